The van der Waals surface area contributed by atoms with Gasteiger partial charge in [0, 0.05) is 5.56 Å². The van der Waals surface area contributed by atoms with Crippen molar-refractivity contribution in [2.75, 3.05) is 0 Å². The Hall–Kier alpha value is -1.51. The highest BCUT2D eigenvalue weighted by Crippen LogP contribution is 2.04. The summed E-state index contributed by atoms with van der Waals surface area (Å²) in [5, 5.41) is 0. The van der Waals surface area contributed by atoms with Crippen LogP contribution >= 0.6 is 0 Å². The maximum absolute atomic E-state index is 11.9. The number of halogens is 1. The first-order valence-corrected chi connectivity index (χ1v) is 5.28. The highest BCUT2D eigenvalue weighted by molar-refractivity contribution is 7.79. The van der Waals surface area contributed by atoms with Crippen LogP contribution in [0.4, 0.5) is 4.39 Å². The molecule has 90 valence electrons. The van der Waals surface area contributed by atoms with E-state index in [1.165, 1.54) is 12.1 Å². The van der Waals surface area contributed by atoms with Crippen molar-refractivity contribution >= 4 is 16.3 Å². The Morgan fingerprint density at radius 2 is 1.62 bits per heavy atom. The minimum Gasteiger partial charge on any atom is -0.366 e. The van der Waals surface area contributed by atoms with Crippen molar-refractivity contribution in [3.05, 3.63) is 35.4 Å². The van der Waals surface area contributed by atoms with E-state index in [4.69, 9.17) is 23.3 Å². The third-order valence-corrected chi connectivity index (χ3v) is 1.39. The average molecular weight is 251 g/mol. The summed E-state index contributed by atoms with van der Waals surface area (Å²) in [6.07, 6.45) is 0. The molecule has 0 aliphatic rings. The zero-order valence-electron chi connectivity index (χ0n) is 8.00. The topological polar surface area (TPSA) is 118 Å². The van der Waals surface area contributed by atoms with Crippen molar-refractivity contribution < 1.29 is 26.7 Å². The number of primary amides is 1. The molecule has 0 atom stereocenters. The Balaban J connectivity index is 0.000000385. The van der Waals surface area contributed by atoms with Crippen molar-refractivity contribution in [2.24, 2.45) is 5.73 Å². The van der Waals surface area contributed by atoms with Crippen LogP contribution in [-0.2, 0) is 17.1 Å². The van der Waals surface area contributed by atoms with Crippen LogP contribution in [0.3, 0.4) is 0 Å². The van der Waals surface area contributed by atoms with Crippen molar-refractivity contribution in [3.63, 3.8) is 0 Å². The molecule has 8 heteroatoms. The SMILES string of the molecule is NC(=O)c1ccc(CF)cc1.O=S(=O)(O)O. The van der Waals surface area contributed by atoms with E-state index in [0.717, 1.165) is 0 Å². The Morgan fingerprint density at radius 3 is 1.88 bits per heavy atom. The first kappa shape index (κ1) is 14.5. The molecule has 6 nitrogen and oxygen atoms in total. The van der Waals surface area contributed by atoms with Gasteiger partial charge in [0.15, 0.2) is 0 Å². The van der Waals surface area contributed by atoms with Crippen LogP contribution in [-0.4, -0.2) is 23.4 Å². The molecule has 1 amide bonds. The molecule has 0 saturated carbocycles. The molecule has 16 heavy (non-hydrogen) atoms. The van der Waals surface area contributed by atoms with E-state index in [1.807, 2.05) is 0 Å². The van der Waals surface area contributed by atoms with Crippen molar-refractivity contribution in [1.82, 2.24) is 0 Å². The molecule has 0 heterocycles. The number of nitrogens with two attached hydrogens (primary N) is 1. The number of rotatable bonds is 2. The first-order valence-electron chi connectivity index (χ1n) is 3.88. The number of hydrogen-bond acceptors (Lipinski definition) is 3. The number of alkyl halides is 1. The zero-order chi connectivity index (χ0) is 12.8. The first-order chi connectivity index (χ1) is 7.24. The molecular formula is C8H10FNO5S. The molecule has 4 N–H and O–H groups in total. The third kappa shape index (κ3) is 7.85. The number of hydrogen-bond donors (Lipinski definition) is 3. The molecule has 0 spiro atoms. The molecule has 0 bridgehead atoms. The summed E-state index contributed by atoms with van der Waals surface area (Å²) in [5.74, 6) is -0.490. The lowest BCUT2D eigenvalue weighted by Gasteiger charge is -1.95. The standard InChI is InChI=1S/C8H8FNO.H2O4S/c9-5-6-1-3-7(4-2-6)8(10)11;1-5(2,3)4/h1-4H,5H2,(H2,10,11);(H2,1,2,3,4). The van der Waals surface area contributed by atoms with Gasteiger partial charge in [-0.05, 0) is 17.7 Å². The van der Waals surface area contributed by atoms with Gasteiger partial charge in [0.2, 0.25) is 5.91 Å². The quantitative estimate of drug-likeness (QED) is 0.665. The van der Waals surface area contributed by atoms with Crippen LogP contribution in [0.2, 0.25) is 0 Å². The van der Waals surface area contributed by atoms with E-state index in [-0.39, 0.29) is 0 Å². The van der Waals surface area contributed by atoms with E-state index < -0.39 is 23.0 Å². The largest absolute Gasteiger partial charge is 0.394 e. The van der Waals surface area contributed by atoms with Crippen molar-refractivity contribution in [1.29, 1.82) is 0 Å². The second kappa shape index (κ2) is 6.16. The molecule has 0 radical (unpaired) electrons. The number of carbonyl (C=O) groups excluding carboxylic acids is 1. The fraction of sp³-hybridized carbons (Fsp3) is 0.125. The van der Waals surface area contributed by atoms with Crippen LogP contribution in [0.5, 0.6) is 0 Å². The van der Waals surface area contributed by atoms with Crippen molar-refractivity contribution in [2.45, 2.75) is 6.67 Å². The lowest BCUT2D eigenvalue weighted by atomic mass is 10.1. The summed E-state index contributed by atoms with van der Waals surface area (Å²) in [6, 6.07) is 6.11. The van der Waals surface area contributed by atoms with Crippen LogP contribution in [0.1, 0.15) is 15.9 Å². The predicted octanol–water partition coefficient (Wildman–Crippen LogP) is 0.602. The summed E-state index contributed by atoms with van der Waals surface area (Å²) in [6.45, 7) is -0.515. The van der Waals surface area contributed by atoms with Crippen LogP contribution in [0.25, 0.3) is 0 Å². The van der Waals surface area contributed by atoms with Crippen LogP contribution in [0, 0.1) is 0 Å². The normalized spacial score (nSPS) is 10.2. The average Bonchev–Trinajstić information content (AvgIpc) is 2.15. The molecule has 1 rings (SSSR count). The van der Waals surface area contributed by atoms with E-state index >= 15 is 0 Å². The number of carbonyl (C=O) groups is 1. The summed E-state index contributed by atoms with van der Waals surface area (Å²) in [4.78, 5) is 10.5. The molecule has 1 aromatic rings. The fourth-order valence-electron chi connectivity index (χ4n) is 0.758. The predicted molar refractivity (Wildman–Crippen MR) is 53.9 cm³/mol. The molecule has 0 aromatic heterocycles. The van der Waals surface area contributed by atoms with Crippen LogP contribution in [0.15, 0.2) is 24.3 Å². The van der Waals surface area contributed by atoms with Gasteiger partial charge in [-0.2, -0.15) is 8.42 Å². The van der Waals surface area contributed by atoms with Crippen molar-refractivity contribution in [3.8, 4) is 0 Å². The zero-order valence-corrected chi connectivity index (χ0v) is 8.82. The third-order valence-electron chi connectivity index (χ3n) is 1.39. The maximum Gasteiger partial charge on any atom is 0.394 e. The van der Waals surface area contributed by atoms with Gasteiger partial charge in [0.05, 0.1) is 0 Å². The summed E-state index contributed by atoms with van der Waals surface area (Å²) < 4.78 is 43.5. The molecule has 0 saturated heterocycles. The van der Waals surface area contributed by atoms with Gasteiger partial charge in [-0.3, -0.25) is 13.9 Å². The van der Waals surface area contributed by atoms with Gasteiger partial charge >= 0.3 is 10.4 Å². The maximum atomic E-state index is 11.9. The summed E-state index contributed by atoms with van der Waals surface area (Å²) in [5.41, 5.74) is 5.93. The van der Waals surface area contributed by atoms with Crippen LogP contribution < -0.4 is 5.73 Å². The molecule has 0 aliphatic heterocycles. The minimum atomic E-state index is -4.67. The van der Waals surface area contributed by atoms with Gasteiger partial charge in [-0.25, -0.2) is 4.39 Å². The van der Waals surface area contributed by atoms with Gasteiger partial charge in [0.1, 0.15) is 6.67 Å². The Kier molecular flexibility index (Phi) is 5.57. The molecule has 0 unspecified atom stereocenters. The Labute approximate surface area is 91.5 Å². The van der Waals surface area contributed by atoms with E-state index in [0.29, 0.717) is 11.1 Å². The molecule has 1 aromatic carbocycles. The molecule has 0 fully saturated rings. The molecule has 0 aliphatic carbocycles. The van der Waals surface area contributed by atoms with Gasteiger partial charge in [0.25, 0.3) is 0 Å². The highest BCUT2D eigenvalue weighted by Gasteiger charge is 1.98. The monoisotopic (exact) mass is 251 g/mol. The fourth-order valence-corrected chi connectivity index (χ4v) is 0.758. The lowest BCUT2D eigenvalue weighted by Crippen LogP contribution is -2.10. The number of amides is 1. The van der Waals surface area contributed by atoms with E-state index in [9.17, 15) is 9.18 Å². The molecular weight excluding hydrogens is 241 g/mol. The van der Waals surface area contributed by atoms with Gasteiger partial charge in [-0.1, -0.05) is 12.1 Å². The smallest absolute Gasteiger partial charge is 0.366 e. The minimum absolute atomic E-state index is 0.405. The number of benzene rings is 1. The Morgan fingerprint density at radius 1 is 1.25 bits per heavy atom. The highest BCUT2D eigenvalue weighted by atomic mass is 32.3. The second-order valence-corrected chi connectivity index (χ2v) is 3.54. The summed E-state index contributed by atoms with van der Waals surface area (Å²) >= 11 is 0. The van der Waals surface area contributed by atoms with Gasteiger partial charge in [-0.15, -0.1) is 0 Å². The van der Waals surface area contributed by atoms with E-state index in [1.54, 1.807) is 12.1 Å². The second-order valence-electron chi connectivity index (χ2n) is 2.64. The van der Waals surface area contributed by atoms with E-state index in [2.05, 4.69) is 0 Å². The lowest BCUT2D eigenvalue weighted by molar-refractivity contribution is 0.1000. The summed E-state index contributed by atoms with van der Waals surface area (Å²) in [7, 11) is -4.67. The Bertz CT molecular complexity index is 434. The van der Waals surface area contributed by atoms with Gasteiger partial charge < -0.3 is 5.73 Å².